The van der Waals surface area contributed by atoms with Crippen LogP contribution in [0.5, 0.6) is 0 Å². The first kappa shape index (κ1) is 13.3. The molecule has 1 aromatic carbocycles. The topological polar surface area (TPSA) is 110 Å². The molecule has 0 saturated carbocycles. The predicted octanol–water partition coefficient (Wildman–Crippen LogP) is 2.45. The van der Waals surface area contributed by atoms with Gasteiger partial charge < -0.3 is 10.3 Å². The van der Waals surface area contributed by atoms with E-state index in [0.29, 0.717) is 16.6 Å². The molecule has 2 N–H and O–H groups in total. The van der Waals surface area contributed by atoms with Crippen LogP contribution in [0.3, 0.4) is 0 Å². The number of non-ortho nitro benzene ring substituents is 1. The third-order valence-corrected chi connectivity index (χ3v) is 3.73. The lowest BCUT2D eigenvalue weighted by atomic mass is 10.3. The van der Waals surface area contributed by atoms with Gasteiger partial charge in [0.1, 0.15) is 10.5 Å². The number of nitro benzene ring substituents is 1. The van der Waals surface area contributed by atoms with Gasteiger partial charge in [0, 0.05) is 24.1 Å². The van der Waals surface area contributed by atoms with Gasteiger partial charge in [-0.3, -0.25) is 10.1 Å². The normalized spacial score (nSPS) is 10.7. The van der Waals surface area contributed by atoms with Crippen LogP contribution in [-0.2, 0) is 0 Å². The van der Waals surface area contributed by atoms with E-state index in [1.54, 1.807) is 25.5 Å². The van der Waals surface area contributed by atoms with Gasteiger partial charge >= 0.3 is 0 Å². The third kappa shape index (κ3) is 2.63. The van der Waals surface area contributed by atoms with E-state index >= 15 is 0 Å². The van der Waals surface area contributed by atoms with Crippen molar-refractivity contribution in [2.75, 3.05) is 12.4 Å². The number of nitrogens with zero attached hydrogens (tertiary/aromatic N) is 4. The maximum atomic E-state index is 10.7. The second kappa shape index (κ2) is 5.37. The van der Waals surface area contributed by atoms with Crippen LogP contribution in [0.1, 0.15) is 0 Å². The number of hydrogen-bond acceptors (Lipinski definition) is 7. The van der Waals surface area contributed by atoms with Gasteiger partial charge in [-0.1, -0.05) is 11.8 Å². The van der Waals surface area contributed by atoms with Gasteiger partial charge in [0.25, 0.3) is 5.69 Å². The summed E-state index contributed by atoms with van der Waals surface area (Å²) in [6, 6.07) is 6.30. The Bertz CT molecular complexity index is 801. The quantitative estimate of drug-likeness (QED) is 0.432. The molecule has 0 radical (unpaired) electrons. The minimum atomic E-state index is -0.425. The van der Waals surface area contributed by atoms with Crippen LogP contribution in [0.15, 0.2) is 40.5 Å². The Kier molecular flexibility index (Phi) is 3.40. The van der Waals surface area contributed by atoms with Gasteiger partial charge in [0.2, 0.25) is 5.95 Å². The second-order valence-corrected chi connectivity index (χ2v) is 5.12. The van der Waals surface area contributed by atoms with Crippen LogP contribution in [0.4, 0.5) is 11.6 Å². The number of fused-ring (bicyclic) bond motifs is 1. The lowest BCUT2D eigenvalue weighted by Crippen LogP contribution is -1.98. The molecule has 0 atom stereocenters. The number of H-pyrrole nitrogens is 1. The zero-order valence-electron chi connectivity index (χ0n) is 10.9. The van der Waals surface area contributed by atoms with Crippen molar-refractivity contribution in [1.29, 1.82) is 0 Å². The lowest BCUT2D eigenvalue weighted by molar-refractivity contribution is -0.384. The molecule has 0 saturated heterocycles. The molecule has 0 aliphatic rings. The molecule has 9 heteroatoms. The van der Waals surface area contributed by atoms with Crippen molar-refractivity contribution in [1.82, 2.24) is 19.9 Å². The third-order valence-electron chi connectivity index (χ3n) is 2.74. The monoisotopic (exact) mass is 302 g/mol. The summed E-state index contributed by atoms with van der Waals surface area (Å²) in [5, 5.41) is 14.2. The van der Waals surface area contributed by atoms with E-state index in [0.717, 1.165) is 10.4 Å². The van der Waals surface area contributed by atoms with Crippen molar-refractivity contribution in [2.24, 2.45) is 0 Å². The molecule has 0 fully saturated rings. The van der Waals surface area contributed by atoms with E-state index in [1.165, 1.54) is 23.9 Å². The zero-order chi connectivity index (χ0) is 14.8. The van der Waals surface area contributed by atoms with Crippen molar-refractivity contribution in [3.8, 4) is 0 Å². The van der Waals surface area contributed by atoms with Crippen LogP contribution in [0.2, 0.25) is 0 Å². The number of benzene rings is 1. The number of aromatic nitrogens is 4. The Morgan fingerprint density at radius 3 is 2.71 bits per heavy atom. The molecular weight excluding hydrogens is 292 g/mol. The molecule has 2 heterocycles. The number of nitro groups is 1. The van der Waals surface area contributed by atoms with Gasteiger partial charge in [-0.25, -0.2) is 9.97 Å². The lowest BCUT2D eigenvalue weighted by Gasteiger charge is -2.04. The van der Waals surface area contributed by atoms with Crippen LogP contribution in [0, 0.1) is 10.1 Å². The number of rotatable bonds is 4. The molecule has 3 rings (SSSR count). The Morgan fingerprint density at radius 2 is 2.05 bits per heavy atom. The molecule has 3 aromatic rings. The van der Waals surface area contributed by atoms with Crippen molar-refractivity contribution in [3.63, 3.8) is 0 Å². The summed E-state index contributed by atoms with van der Waals surface area (Å²) in [7, 11) is 1.73. The first-order valence-electron chi connectivity index (χ1n) is 5.98. The highest BCUT2D eigenvalue weighted by molar-refractivity contribution is 7.99. The molecule has 0 bridgehead atoms. The van der Waals surface area contributed by atoms with Crippen molar-refractivity contribution < 1.29 is 4.92 Å². The molecule has 2 aromatic heterocycles. The van der Waals surface area contributed by atoms with Gasteiger partial charge in [-0.05, 0) is 12.1 Å². The van der Waals surface area contributed by atoms with Crippen LogP contribution >= 0.6 is 11.8 Å². The average Bonchev–Trinajstić information content (AvgIpc) is 2.96. The second-order valence-electron chi connectivity index (χ2n) is 4.06. The van der Waals surface area contributed by atoms with E-state index in [4.69, 9.17) is 0 Å². The summed E-state index contributed by atoms with van der Waals surface area (Å²) in [5.74, 6) is 0.471. The number of aromatic amines is 1. The van der Waals surface area contributed by atoms with Gasteiger partial charge in [0.15, 0.2) is 5.65 Å². The minimum absolute atomic E-state index is 0.0599. The number of anilines is 1. The van der Waals surface area contributed by atoms with Crippen LogP contribution in [0.25, 0.3) is 11.2 Å². The fourth-order valence-corrected chi connectivity index (χ4v) is 2.62. The smallest absolute Gasteiger partial charge is 0.269 e. The van der Waals surface area contributed by atoms with E-state index in [-0.39, 0.29) is 5.69 Å². The zero-order valence-corrected chi connectivity index (χ0v) is 11.7. The molecule has 0 aliphatic heterocycles. The highest BCUT2D eigenvalue weighted by Crippen LogP contribution is 2.31. The summed E-state index contributed by atoms with van der Waals surface area (Å²) in [4.78, 5) is 26.8. The molecule has 21 heavy (non-hydrogen) atoms. The molecular formula is C12H10N6O2S. The Morgan fingerprint density at radius 1 is 1.29 bits per heavy atom. The first-order chi connectivity index (χ1) is 10.2. The van der Waals surface area contributed by atoms with E-state index in [2.05, 4.69) is 25.3 Å². The summed E-state index contributed by atoms with van der Waals surface area (Å²) >= 11 is 1.39. The van der Waals surface area contributed by atoms with E-state index in [9.17, 15) is 10.1 Å². The Balaban J connectivity index is 1.97. The van der Waals surface area contributed by atoms with Crippen molar-refractivity contribution in [2.45, 2.75) is 9.92 Å². The molecule has 106 valence electrons. The molecule has 8 nitrogen and oxygen atoms in total. The minimum Gasteiger partial charge on any atom is -0.357 e. The van der Waals surface area contributed by atoms with Gasteiger partial charge in [-0.2, -0.15) is 4.98 Å². The average molecular weight is 302 g/mol. The Labute approximate surface area is 123 Å². The fraction of sp³-hybridized carbons (Fsp3) is 0.0833. The molecule has 0 amide bonds. The summed E-state index contributed by atoms with van der Waals surface area (Å²) < 4.78 is 0. The van der Waals surface area contributed by atoms with Crippen molar-refractivity contribution >= 4 is 34.6 Å². The highest BCUT2D eigenvalue weighted by atomic mass is 32.2. The maximum absolute atomic E-state index is 10.7. The van der Waals surface area contributed by atoms with Crippen LogP contribution in [-0.4, -0.2) is 31.9 Å². The van der Waals surface area contributed by atoms with E-state index in [1.807, 2.05) is 0 Å². The molecule has 0 aliphatic carbocycles. The number of imidazole rings is 1. The van der Waals surface area contributed by atoms with Gasteiger partial charge in [-0.15, -0.1) is 0 Å². The molecule has 0 spiro atoms. The predicted molar refractivity (Wildman–Crippen MR) is 78.4 cm³/mol. The SMILES string of the molecule is CNc1nc(Sc2ccc([N+](=O)[O-])cc2)c2[nH]cnc2n1. The maximum Gasteiger partial charge on any atom is 0.269 e. The fourth-order valence-electron chi connectivity index (χ4n) is 1.74. The van der Waals surface area contributed by atoms with Gasteiger partial charge in [0.05, 0.1) is 11.3 Å². The summed E-state index contributed by atoms with van der Waals surface area (Å²) in [5.41, 5.74) is 1.36. The number of hydrogen-bond donors (Lipinski definition) is 2. The largest absolute Gasteiger partial charge is 0.357 e. The summed E-state index contributed by atoms with van der Waals surface area (Å²) in [6.07, 6.45) is 1.55. The summed E-state index contributed by atoms with van der Waals surface area (Å²) in [6.45, 7) is 0. The molecule has 0 unspecified atom stereocenters. The van der Waals surface area contributed by atoms with Crippen LogP contribution < -0.4 is 5.32 Å². The standard InChI is InChI=1S/C12H10N6O2S/c1-13-12-16-10-9(14-6-15-10)11(17-12)21-8-4-2-7(3-5-8)18(19)20/h2-6H,1H3,(H2,13,14,15,16,17). The first-order valence-corrected chi connectivity index (χ1v) is 6.80. The Hall–Kier alpha value is -2.68. The van der Waals surface area contributed by atoms with E-state index < -0.39 is 4.92 Å². The number of nitrogens with one attached hydrogen (secondary N) is 2. The highest BCUT2D eigenvalue weighted by Gasteiger charge is 2.12. The van der Waals surface area contributed by atoms with Crippen molar-refractivity contribution in [3.05, 3.63) is 40.7 Å².